The highest BCUT2D eigenvalue weighted by atomic mass is 32.1. The van der Waals surface area contributed by atoms with E-state index in [0.717, 1.165) is 158 Å². The van der Waals surface area contributed by atoms with Crippen LogP contribution in [-0.2, 0) is 27.1 Å². The molecule has 0 N–H and O–H groups in total. The van der Waals surface area contributed by atoms with Crippen molar-refractivity contribution in [1.82, 2.24) is 44.9 Å². The molecule has 9 nitrogen and oxygen atoms in total. The van der Waals surface area contributed by atoms with Gasteiger partial charge in [-0.15, -0.1) is 11.3 Å². The summed E-state index contributed by atoms with van der Waals surface area (Å²) in [4.78, 5) is 48.4. The van der Waals surface area contributed by atoms with Gasteiger partial charge in [0.05, 0.1) is 91.1 Å². The number of nitrogens with zero attached hydrogens (tertiary/aromatic N) is 9. The van der Waals surface area contributed by atoms with Crippen LogP contribution >= 0.6 is 11.3 Å². The maximum Gasteiger partial charge on any atom is 0.112 e. The second-order valence-electron chi connectivity index (χ2n) is 37.4. The predicted octanol–water partition coefficient (Wildman–Crippen LogP) is 30.2. The number of hydrogen-bond acceptors (Lipinski definition) is 10. The van der Waals surface area contributed by atoms with Crippen LogP contribution in [0, 0.1) is 0 Å². The van der Waals surface area contributed by atoms with Crippen molar-refractivity contribution in [3.05, 3.63) is 426 Å². The van der Waals surface area contributed by atoms with E-state index in [1.807, 2.05) is 53.9 Å². The summed E-state index contributed by atoms with van der Waals surface area (Å²) in [5.74, 6) is 0. The maximum absolute atomic E-state index is 5.58. The first-order chi connectivity index (χ1) is 63.2. The molecule has 0 aliphatic heterocycles. The number of fused-ring (bicyclic) bond motifs is 18. The molecule has 13 aromatic carbocycles. The fourth-order valence-corrected chi connectivity index (χ4v) is 22.2. The second-order valence-corrected chi connectivity index (χ2v) is 38.5. The first kappa shape index (κ1) is 79.4. The van der Waals surface area contributed by atoms with E-state index in [1.54, 1.807) is 0 Å². The van der Waals surface area contributed by atoms with E-state index >= 15 is 0 Å². The van der Waals surface area contributed by atoms with Crippen molar-refractivity contribution in [2.45, 2.75) is 96.3 Å². The van der Waals surface area contributed by atoms with Gasteiger partial charge < -0.3 is 0 Å². The summed E-state index contributed by atoms with van der Waals surface area (Å²) in [6.45, 7) is 22.9. The Morgan fingerprint density at radius 2 is 0.592 bits per heavy atom. The van der Waals surface area contributed by atoms with Crippen molar-refractivity contribution in [1.29, 1.82) is 0 Å². The molecule has 0 radical (unpaired) electrons. The summed E-state index contributed by atoms with van der Waals surface area (Å²) in [6.07, 6.45) is 1.99. The molecule has 5 aliphatic rings. The monoisotopic (exact) mass is 1690 g/mol. The summed E-state index contributed by atoms with van der Waals surface area (Å²) in [6, 6.07) is 128. The van der Waals surface area contributed by atoms with Crippen molar-refractivity contribution in [2.24, 2.45) is 0 Å². The molecule has 7 aromatic heterocycles. The Morgan fingerprint density at radius 3 is 1.17 bits per heavy atom. The molecule has 622 valence electrons. The molecule has 20 aromatic rings. The van der Waals surface area contributed by atoms with Crippen molar-refractivity contribution >= 4 is 31.5 Å². The van der Waals surface area contributed by atoms with Crippen molar-refractivity contribution in [3.63, 3.8) is 0 Å². The minimum Gasteiger partial charge on any atom is -0.256 e. The summed E-state index contributed by atoms with van der Waals surface area (Å²) >= 11 is 1.83. The number of rotatable bonds is 10. The third kappa shape index (κ3) is 12.8. The number of benzene rings is 13. The predicted molar refractivity (Wildman–Crippen MR) is 535 cm³/mol. The minimum absolute atomic E-state index is 0.0893. The van der Waals surface area contributed by atoms with Crippen LogP contribution in [0.1, 0.15) is 125 Å². The largest absolute Gasteiger partial charge is 0.256 e. The Morgan fingerprint density at radius 1 is 0.185 bits per heavy atom. The molecular weight excluding hydrogens is 1600 g/mol. The lowest BCUT2D eigenvalue weighted by Crippen LogP contribution is -2.21. The molecule has 0 spiro atoms. The van der Waals surface area contributed by atoms with E-state index in [4.69, 9.17) is 44.9 Å². The summed E-state index contributed by atoms with van der Waals surface area (Å²) in [5, 5.41) is 2.60. The van der Waals surface area contributed by atoms with Crippen LogP contribution in [-0.4, -0.2) is 44.9 Å². The van der Waals surface area contributed by atoms with E-state index in [-0.39, 0.29) is 21.7 Å². The SMILES string of the molecule is CC1(C)c2ccc(-c3ccc4c(c3)sc3ccccc34)nc2-c2nc(-c3ccccc3)c(-c3ccccc3)nc21.CC1(C)c2ccccc2-c2ccc(-c3nc4c(nc3-c3ccccc3)-c3cnc(-c5ccccc5)cc3C4(C)C)cc21.CC1(C)c2ccccc2-c2cccc(-c3nc(-c4ccccc4)cc4c3C(C)(C)c3nc(-c5ccccc5)c(-c5ccccc5)nc3-4)c21. The van der Waals surface area contributed by atoms with Crippen LogP contribution in [0.5, 0.6) is 0 Å². The first-order valence-corrected chi connectivity index (χ1v) is 45.7. The summed E-state index contributed by atoms with van der Waals surface area (Å²) < 4.78 is 2.59. The molecule has 10 heteroatoms. The van der Waals surface area contributed by atoms with Crippen LogP contribution < -0.4 is 0 Å². The highest BCUT2D eigenvalue weighted by Crippen LogP contribution is 2.59. The Bertz CT molecular complexity index is 7960. The molecule has 0 atom stereocenters. The van der Waals surface area contributed by atoms with Gasteiger partial charge in [0.15, 0.2) is 0 Å². The van der Waals surface area contributed by atoms with Gasteiger partial charge in [-0.2, -0.15) is 0 Å². The van der Waals surface area contributed by atoms with Gasteiger partial charge in [-0.05, 0) is 125 Å². The fraction of sp³-hybridized carbons (Fsp3) is 0.125. The van der Waals surface area contributed by atoms with Crippen molar-refractivity contribution in [3.8, 4) is 169 Å². The van der Waals surface area contributed by atoms with Gasteiger partial charge in [-0.3, -0.25) is 4.98 Å². The van der Waals surface area contributed by atoms with Gasteiger partial charge in [0.1, 0.15) is 5.69 Å². The van der Waals surface area contributed by atoms with E-state index in [1.165, 1.54) is 86.9 Å². The lowest BCUT2D eigenvalue weighted by atomic mass is 9.76. The minimum atomic E-state index is -0.452. The molecule has 0 unspecified atom stereocenters. The smallest absolute Gasteiger partial charge is 0.112 e. The molecule has 0 bridgehead atoms. The van der Waals surface area contributed by atoms with Crippen LogP contribution in [0.4, 0.5) is 0 Å². The number of hydrogen-bond donors (Lipinski definition) is 0. The zero-order valence-corrected chi connectivity index (χ0v) is 75.0. The number of aromatic nitrogens is 9. The Balaban J connectivity index is 0.000000112. The molecule has 130 heavy (non-hydrogen) atoms. The average molecular weight is 1690 g/mol. The standard InChI is InChI=1S/C45H35N3.C39H31N3.C36H25N3S/c1-44(2)35-26-15-14-23-31(35)32-24-16-25-33(37(32)44)41-38-34(27-36(46-41)28-17-8-5-9-18-28)42-43(45(38,3)4)48-40(30-21-12-7-13-22-30)39(47-42)29-19-10-6-11-20-29;1-38(2)30-18-12-11-17-27(30)28-20-19-26(21-31(28)38)35-34(25-15-9-6-10-16-25)41-36-29-23-40-33(24-13-7-5-8-14-24)22-32(29)39(3,4)37(36)42-35;1-36(2)27-19-20-28(24-17-18-26-25-15-9-10-16-29(25)40-30(26)21-24)37-33(27)34-35(36)39-32(23-13-7-4-8-14-23)31(38-34)22-11-5-3-6-12-22/h5-27H,1-4H3;5-23H,1-4H3;3-21H,1-2H3. The molecule has 0 saturated heterocycles. The quantitative estimate of drug-likeness (QED) is 0.132. The summed E-state index contributed by atoms with van der Waals surface area (Å²) in [7, 11) is 0. The molecular formula is C120H91N9S. The molecule has 5 aliphatic carbocycles. The van der Waals surface area contributed by atoms with Gasteiger partial charge in [0, 0.05) is 120 Å². The Labute approximate surface area is 762 Å². The summed E-state index contributed by atoms with van der Waals surface area (Å²) in [5.41, 5.74) is 41.8. The molecule has 25 rings (SSSR count). The van der Waals surface area contributed by atoms with E-state index in [0.29, 0.717) is 0 Å². The lowest BCUT2D eigenvalue weighted by molar-refractivity contribution is 0.633. The van der Waals surface area contributed by atoms with Gasteiger partial charge in [0.25, 0.3) is 0 Å². The zero-order valence-electron chi connectivity index (χ0n) is 74.2. The first-order valence-electron chi connectivity index (χ1n) is 44.9. The van der Waals surface area contributed by atoms with E-state index in [9.17, 15) is 0 Å². The zero-order chi connectivity index (χ0) is 88.1. The average Bonchev–Trinajstić information content (AvgIpc) is 1.54. The highest BCUT2D eigenvalue weighted by molar-refractivity contribution is 7.25. The van der Waals surface area contributed by atoms with Gasteiger partial charge in [0.2, 0.25) is 0 Å². The maximum atomic E-state index is 5.58. The lowest BCUT2D eigenvalue weighted by Gasteiger charge is -2.28. The van der Waals surface area contributed by atoms with Crippen molar-refractivity contribution < 1.29 is 0 Å². The normalized spacial score (nSPS) is 14.4. The number of pyridine rings is 3. The third-order valence-corrected chi connectivity index (χ3v) is 28.9. The van der Waals surface area contributed by atoms with Crippen LogP contribution in [0.2, 0.25) is 0 Å². The van der Waals surface area contributed by atoms with Crippen LogP contribution in [0.25, 0.3) is 189 Å². The van der Waals surface area contributed by atoms with E-state index in [2.05, 4.69) is 397 Å². The second kappa shape index (κ2) is 30.5. The van der Waals surface area contributed by atoms with E-state index < -0.39 is 5.41 Å². The number of thiophene rings is 1. The van der Waals surface area contributed by atoms with Gasteiger partial charge in [-0.25, -0.2) is 39.9 Å². The van der Waals surface area contributed by atoms with Gasteiger partial charge >= 0.3 is 0 Å². The fourth-order valence-electron chi connectivity index (χ4n) is 21.0. The highest BCUT2D eigenvalue weighted by Gasteiger charge is 2.47. The Kier molecular flexibility index (Phi) is 18.6. The molecule has 0 fully saturated rings. The van der Waals surface area contributed by atoms with Crippen LogP contribution in [0.3, 0.4) is 0 Å². The molecule has 0 amide bonds. The van der Waals surface area contributed by atoms with Crippen molar-refractivity contribution in [2.75, 3.05) is 0 Å². The van der Waals surface area contributed by atoms with Crippen LogP contribution in [0.15, 0.2) is 370 Å². The molecule has 7 heterocycles. The molecule has 0 saturated carbocycles. The Hall–Kier alpha value is -15.2. The van der Waals surface area contributed by atoms with Gasteiger partial charge in [-0.1, -0.05) is 369 Å². The third-order valence-electron chi connectivity index (χ3n) is 27.7. The topological polar surface area (TPSA) is 116 Å².